The van der Waals surface area contributed by atoms with Gasteiger partial charge in [0.15, 0.2) is 0 Å². The highest BCUT2D eigenvalue weighted by molar-refractivity contribution is 6.05. The molecule has 0 saturated carbocycles. The monoisotopic (exact) mass is 474 g/mol. The first kappa shape index (κ1) is 23.3. The second-order valence-corrected chi connectivity index (χ2v) is 7.18. The van der Waals surface area contributed by atoms with Crippen LogP contribution in [0.2, 0.25) is 0 Å². The minimum atomic E-state index is -0.565. The molecule has 178 valence electrons. The van der Waals surface area contributed by atoms with Crippen molar-refractivity contribution >= 4 is 17.9 Å². The fraction of sp³-hybridized carbons (Fsp3) is 0.120. The topological polar surface area (TPSA) is 129 Å². The van der Waals surface area contributed by atoms with Crippen LogP contribution in [-0.4, -0.2) is 36.2 Å². The Labute approximate surface area is 200 Å². The number of carbonyl (C=O) groups is 2. The quantitative estimate of drug-likeness (QED) is 0.353. The number of furan rings is 1. The third-order valence-electron chi connectivity index (χ3n) is 4.87. The van der Waals surface area contributed by atoms with Gasteiger partial charge in [0.1, 0.15) is 23.0 Å². The largest absolute Gasteiger partial charge is 0.497 e. The molecular weight excluding hydrogens is 452 g/mol. The maximum atomic E-state index is 12.9. The number of hydrogen-bond acceptors (Lipinski definition) is 8. The zero-order chi connectivity index (χ0) is 24.6. The van der Waals surface area contributed by atoms with Gasteiger partial charge < -0.3 is 29.0 Å². The number of rotatable bonds is 9. The maximum Gasteiger partial charge on any atom is 0.268 e. The number of methoxy groups -OCH3 is 2. The van der Waals surface area contributed by atoms with E-state index in [9.17, 15) is 9.59 Å². The molecule has 10 nitrogen and oxygen atoms in total. The Hall–Kier alpha value is -4.86. The van der Waals surface area contributed by atoms with E-state index < -0.39 is 11.8 Å². The lowest BCUT2D eigenvalue weighted by Crippen LogP contribution is -2.34. The second kappa shape index (κ2) is 10.8. The number of hydrogen-bond donors (Lipinski definition) is 2. The van der Waals surface area contributed by atoms with Crippen molar-refractivity contribution in [3.63, 3.8) is 0 Å². The Morgan fingerprint density at radius 2 is 1.80 bits per heavy atom. The Kier molecular flexibility index (Phi) is 7.22. The van der Waals surface area contributed by atoms with Crippen LogP contribution in [0.3, 0.4) is 0 Å². The lowest BCUT2D eigenvalue weighted by Gasteiger charge is -2.10. The van der Waals surface area contributed by atoms with Gasteiger partial charge in [-0.25, -0.2) is 0 Å². The molecule has 4 rings (SSSR count). The summed E-state index contributed by atoms with van der Waals surface area (Å²) in [6, 6.07) is 17.0. The lowest BCUT2D eigenvalue weighted by molar-refractivity contribution is -0.118. The van der Waals surface area contributed by atoms with E-state index in [0.29, 0.717) is 34.2 Å². The summed E-state index contributed by atoms with van der Waals surface area (Å²) in [6.07, 6.45) is 2.89. The third-order valence-corrected chi connectivity index (χ3v) is 4.87. The molecule has 35 heavy (non-hydrogen) atoms. The van der Waals surface area contributed by atoms with Gasteiger partial charge in [0, 0.05) is 17.2 Å². The average Bonchev–Trinajstić information content (AvgIpc) is 3.59. The van der Waals surface area contributed by atoms with Gasteiger partial charge in [-0.15, -0.1) is 0 Å². The summed E-state index contributed by atoms with van der Waals surface area (Å²) in [5.41, 5.74) is 1.04. The molecule has 0 aliphatic rings. The number of nitrogens with one attached hydrogen (secondary N) is 2. The first-order chi connectivity index (χ1) is 17.1. The SMILES string of the molecule is COc1ccc(C(=O)N/C(=C\c2ccco2)C(=O)NCc2nc(-c3cccc(OC)c3)no2)cc1. The first-order valence-electron chi connectivity index (χ1n) is 10.5. The molecule has 2 aromatic carbocycles. The summed E-state index contributed by atoms with van der Waals surface area (Å²) in [4.78, 5) is 29.9. The molecule has 0 aliphatic heterocycles. The summed E-state index contributed by atoms with van der Waals surface area (Å²) < 4.78 is 20.9. The highest BCUT2D eigenvalue weighted by Crippen LogP contribution is 2.21. The Morgan fingerprint density at radius 3 is 2.51 bits per heavy atom. The van der Waals surface area contributed by atoms with Gasteiger partial charge in [0.2, 0.25) is 11.7 Å². The average molecular weight is 474 g/mol. The number of amides is 2. The zero-order valence-electron chi connectivity index (χ0n) is 19.0. The number of aromatic nitrogens is 2. The molecule has 0 unspecified atom stereocenters. The van der Waals surface area contributed by atoms with Crippen molar-refractivity contribution < 1.29 is 28.0 Å². The van der Waals surface area contributed by atoms with Gasteiger partial charge in [-0.1, -0.05) is 17.3 Å². The number of ether oxygens (including phenoxy) is 2. The predicted octanol–water partition coefficient (Wildman–Crippen LogP) is 3.43. The van der Waals surface area contributed by atoms with Gasteiger partial charge in [-0.05, 0) is 48.5 Å². The molecule has 2 N–H and O–H groups in total. The Morgan fingerprint density at radius 1 is 1.00 bits per heavy atom. The minimum Gasteiger partial charge on any atom is -0.497 e. The predicted molar refractivity (Wildman–Crippen MR) is 125 cm³/mol. The summed E-state index contributed by atoms with van der Waals surface area (Å²) in [6.45, 7) is -0.0519. The molecule has 2 aromatic heterocycles. The molecule has 2 amide bonds. The fourth-order valence-electron chi connectivity index (χ4n) is 3.07. The summed E-state index contributed by atoms with van der Waals surface area (Å²) in [7, 11) is 3.10. The van der Waals surface area contributed by atoms with Crippen LogP contribution in [0.5, 0.6) is 11.5 Å². The third kappa shape index (κ3) is 5.93. The van der Waals surface area contributed by atoms with Crippen LogP contribution in [0, 0.1) is 0 Å². The fourth-order valence-corrected chi connectivity index (χ4v) is 3.07. The molecular formula is C25H22N4O6. The molecule has 0 atom stereocenters. The van der Waals surface area contributed by atoms with E-state index >= 15 is 0 Å². The summed E-state index contributed by atoms with van der Waals surface area (Å²) in [5.74, 6) is 1.16. The summed E-state index contributed by atoms with van der Waals surface area (Å²) >= 11 is 0. The van der Waals surface area contributed by atoms with Crippen molar-refractivity contribution in [1.82, 2.24) is 20.8 Å². The Balaban J connectivity index is 1.46. The molecule has 2 heterocycles. The maximum absolute atomic E-state index is 12.9. The smallest absolute Gasteiger partial charge is 0.268 e. The highest BCUT2D eigenvalue weighted by Gasteiger charge is 2.17. The molecule has 0 radical (unpaired) electrons. The van der Waals surface area contributed by atoms with Crippen molar-refractivity contribution in [2.75, 3.05) is 14.2 Å². The van der Waals surface area contributed by atoms with E-state index in [0.717, 1.165) is 0 Å². The van der Waals surface area contributed by atoms with Crippen LogP contribution in [0.15, 0.2) is 81.6 Å². The lowest BCUT2D eigenvalue weighted by atomic mass is 10.2. The van der Waals surface area contributed by atoms with Crippen molar-refractivity contribution in [1.29, 1.82) is 0 Å². The summed E-state index contributed by atoms with van der Waals surface area (Å²) in [5, 5.41) is 9.23. The van der Waals surface area contributed by atoms with Crippen molar-refractivity contribution in [2.24, 2.45) is 0 Å². The molecule has 0 fully saturated rings. The van der Waals surface area contributed by atoms with Gasteiger partial charge in [-0.3, -0.25) is 9.59 Å². The Bertz CT molecular complexity index is 1330. The van der Waals surface area contributed by atoms with Crippen LogP contribution in [0.1, 0.15) is 22.0 Å². The van der Waals surface area contributed by atoms with Crippen LogP contribution in [0.4, 0.5) is 0 Å². The van der Waals surface area contributed by atoms with Gasteiger partial charge in [-0.2, -0.15) is 4.98 Å². The van der Waals surface area contributed by atoms with Crippen LogP contribution < -0.4 is 20.1 Å². The minimum absolute atomic E-state index is 0.0201. The van der Waals surface area contributed by atoms with Gasteiger partial charge in [0.05, 0.1) is 27.0 Å². The van der Waals surface area contributed by atoms with E-state index in [1.165, 1.54) is 19.4 Å². The molecule has 4 aromatic rings. The van der Waals surface area contributed by atoms with E-state index in [1.807, 2.05) is 12.1 Å². The van der Waals surface area contributed by atoms with Crippen LogP contribution >= 0.6 is 0 Å². The first-order valence-corrected chi connectivity index (χ1v) is 10.5. The normalized spacial score (nSPS) is 11.1. The molecule has 0 aliphatic carbocycles. The molecule has 0 bridgehead atoms. The van der Waals surface area contributed by atoms with Crippen molar-refractivity contribution in [3.8, 4) is 22.9 Å². The highest BCUT2D eigenvalue weighted by atomic mass is 16.5. The molecule has 0 spiro atoms. The molecule has 0 saturated heterocycles. The van der Waals surface area contributed by atoms with E-state index in [2.05, 4.69) is 20.8 Å². The van der Waals surface area contributed by atoms with Crippen LogP contribution in [-0.2, 0) is 11.3 Å². The zero-order valence-corrected chi connectivity index (χ0v) is 19.0. The van der Waals surface area contributed by atoms with Crippen LogP contribution in [0.25, 0.3) is 17.5 Å². The van der Waals surface area contributed by atoms with Crippen molar-refractivity contribution in [2.45, 2.75) is 6.54 Å². The molecule has 10 heteroatoms. The standard InChI is InChI=1S/C25H22N4O6/c1-32-18-10-8-16(9-11-18)24(30)27-21(14-20-7-4-12-34-20)25(31)26-15-22-28-23(29-35-22)17-5-3-6-19(13-17)33-2/h3-14H,15H2,1-2H3,(H,26,31)(H,27,30)/b21-14-. The second-order valence-electron chi connectivity index (χ2n) is 7.18. The number of carbonyl (C=O) groups excluding carboxylic acids is 2. The van der Waals surface area contributed by atoms with E-state index in [1.54, 1.807) is 55.6 Å². The number of benzene rings is 2. The van der Waals surface area contributed by atoms with Gasteiger partial charge in [0.25, 0.3) is 11.8 Å². The number of nitrogens with zero attached hydrogens (tertiary/aromatic N) is 2. The van der Waals surface area contributed by atoms with Gasteiger partial charge >= 0.3 is 0 Å². The van der Waals surface area contributed by atoms with Crippen molar-refractivity contribution in [3.05, 3.63) is 89.8 Å². The van der Waals surface area contributed by atoms with E-state index in [-0.39, 0.29) is 18.1 Å². The van der Waals surface area contributed by atoms with E-state index in [4.69, 9.17) is 18.4 Å².